The molecule has 1 fully saturated rings. The van der Waals surface area contributed by atoms with Gasteiger partial charge in [0.1, 0.15) is 11.6 Å². The zero-order valence-corrected chi connectivity index (χ0v) is 11.4. The maximum absolute atomic E-state index is 13.3. The molecule has 0 radical (unpaired) electrons. The molecule has 0 saturated carbocycles. The Bertz CT molecular complexity index is 430. The van der Waals surface area contributed by atoms with Crippen molar-refractivity contribution >= 4 is 0 Å². The SMILES string of the molecule is C=CC[C@@H](c1ccc(F)cc1OC)N1CCNCC1. The van der Waals surface area contributed by atoms with Gasteiger partial charge in [-0.3, -0.25) is 4.90 Å². The first-order chi connectivity index (χ1) is 9.26. The van der Waals surface area contributed by atoms with E-state index in [0.29, 0.717) is 5.75 Å². The first-order valence-electron chi connectivity index (χ1n) is 6.65. The van der Waals surface area contributed by atoms with Crippen LogP contribution in [0.5, 0.6) is 5.75 Å². The van der Waals surface area contributed by atoms with Crippen LogP contribution >= 0.6 is 0 Å². The molecule has 0 bridgehead atoms. The molecule has 0 amide bonds. The molecule has 104 valence electrons. The molecular weight excluding hydrogens is 243 g/mol. The summed E-state index contributed by atoms with van der Waals surface area (Å²) in [6.45, 7) is 7.77. The van der Waals surface area contributed by atoms with E-state index in [9.17, 15) is 4.39 Å². The van der Waals surface area contributed by atoms with E-state index in [1.807, 2.05) is 12.1 Å². The second kappa shape index (κ2) is 6.68. The molecule has 3 nitrogen and oxygen atoms in total. The van der Waals surface area contributed by atoms with Crippen molar-refractivity contribution in [1.82, 2.24) is 10.2 Å². The highest BCUT2D eigenvalue weighted by Gasteiger charge is 2.23. The molecule has 2 rings (SSSR count). The summed E-state index contributed by atoms with van der Waals surface area (Å²) in [6, 6.07) is 4.98. The van der Waals surface area contributed by atoms with Gasteiger partial charge in [-0.1, -0.05) is 12.1 Å². The maximum Gasteiger partial charge on any atom is 0.126 e. The van der Waals surface area contributed by atoms with Gasteiger partial charge in [0.15, 0.2) is 0 Å². The molecular formula is C15H21FN2O. The standard InChI is InChI=1S/C15H21FN2O/c1-3-4-14(18-9-7-17-8-10-18)13-6-5-12(16)11-15(13)19-2/h3,5-6,11,14,17H,1,4,7-10H2,2H3/t14-/m0/s1. The van der Waals surface area contributed by atoms with E-state index in [-0.39, 0.29) is 11.9 Å². The highest BCUT2D eigenvalue weighted by Crippen LogP contribution is 2.32. The van der Waals surface area contributed by atoms with Gasteiger partial charge >= 0.3 is 0 Å². The summed E-state index contributed by atoms with van der Waals surface area (Å²) in [5.74, 6) is 0.351. The van der Waals surface area contributed by atoms with Crippen LogP contribution < -0.4 is 10.1 Å². The summed E-state index contributed by atoms with van der Waals surface area (Å²) in [5.41, 5.74) is 1.03. The Balaban J connectivity index is 2.29. The summed E-state index contributed by atoms with van der Waals surface area (Å²) < 4.78 is 18.6. The Morgan fingerprint density at radius 3 is 2.84 bits per heavy atom. The fourth-order valence-electron chi connectivity index (χ4n) is 2.58. The van der Waals surface area contributed by atoms with Gasteiger partial charge in [-0.05, 0) is 12.5 Å². The summed E-state index contributed by atoms with van der Waals surface area (Å²) in [5, 5.41) is 3.34. The molecule has 1 atom stereocenters. The number of nitrogens with zero attached hydrogens (tertiary/aromatic N) is 1. The Morgan fingerprint density at radius 1 is 1.47 bits per heavy atom. The van der Waals surface area contributed by atoms with E-state index in [2.05, 4.69) is 16.8 Å². The van der Waals surface area contributed by atoms with Crippen LogP contribution in [0, 0.1) is 5.82 Å². The molecule has 1 aliphatic rings. The highest BCUT2D eigenvalue weighted by atomic mass is 19.1. The number of piperazine rings is 1. The van der Waals surface area contributed by atoms with Crippen molar-refractivity contribution in [2.45, 2.75) is 12.5 Å². The van der Waals surface area contributed by atoms with E-state index in [0.717, 1.165) is 38.2 Å². The number of hydrogen-bond acceptors (Lipinski definition) is 3. The van der Waals surface area contributed by atoms with Gasteiger partial charge in [-0.25, -0.2) is 4.39 Å². The molecule has 1 aromatic rings. The number of rotatable bonds is 5. The Morgan fingerprint density at radius 2 is 2.21 bits per heavy atom. The maximum atomic E-state index is 13.3. The molecule has 1 N–H and O–H groups in total. The van der Waals surface area contributed by atoms with Crippen molar-refractivity contribution in [2.24, 2.45) is 0 Å². The minimum Gasteiger partial charge on any atom is -0.496 e. The molecule has 0 unspecified atom stereocenters. The molecule has 1 saturated heterocycles. The number of benzene rings is 1. The minimum absolute atomic E-state index is 0.204. The lowest BCUT2D eigenvalue weighted by molar-refractivity contribution is 0.171. The fraction of sp³-hybridized carbons (Fsp3) is 0.467. The number of methoxy groups -OCH3 is 1. The van der Waals surface area contributed by atoms with Crippen LogP contribution in [0.4, 0.5) is 4.39 Å². The average Bonchev–Trinajstić information content (AvgIpc) is 2.46. The molecule has 0 aliphatic carbocycles. The normalized spacial score (nSPS) is 18.0. The molecule has 1 aromatic carbocycles. The first-order valence-corrected chi connectivity index (χ1v) is 6.65. The third-order valence-electron chi connectivity index (χ3n) is 3.54. The van der Waals surface area contributed by atoms with E-state index in [4.69, 9.17) is 4.74 Å². The first kappa shape index (κ1) is 14.0. The van der Waals surface area contributed by atoms with Crippen molar-refractivity contribution in [1.29, 1.82) is 0 Å². The summed E-state index contributed by atoms with van der Waals surface area (Å²) in [4.78, 5) is 2.40. The molecule has 1 aliphatic heterocycles. The van der Waals surface area contributed by atoms with Crippen LogP contribution in [-0.4, -0.2) is 38.2 Å². The largest absolute Gasteiger partial charge is 0.496 e. The van der Waals surface area contributed by atoms with Crippen LogP contribution in [0.2, 0.25) is 0 Å². The number of hydrogen-bond donors (Lipinski definition) is 1. The minimum atomic E-state index is -0.265. The Kier molecular flexibility index (Phi) is 4.93. The van der Waals surface area contributed by atoms with Crippen molar-refractivity contribution in [3.05, 3.63) is 42.2 Å². The van der Waals surface area contributed by atoms with Gasteiger partial charge in [-0.15, -0.1) is 6.58 Å². The molecule has 4 heteroatoms. The zero-order valence-electron chi connectivity index (χ0n) is 11.4. The zero-order chi connectivity index (χ0) is 13.7. The van der Waals surface area contributed by atoms with Gasteiger partial charge < -0.3 is 10.1 Å². The predicted molar refractivity (Wildman–Crippen MR) is 74.9 cm³/mol. The lowest BCUT2D eigenvalue weighted by Crippen LogP contribution is -2.45. The average molecular weight is 264 g/mol. The lowest BCUT2D eigenvalue weighted by Gasteiger charge is -2.35. The molecule has 1 heterocycles. The van der Waals surface area contributed by atoms with Crippen molar-refractivity contribution in [3.8, 4) is 5.75 Å². The Labute approximate surface area is 114 Å². The van der Waals surface area contributed by atoms with Crippen LogP contribution in [0.3, 0.4) is 0 Å². The van der Waals surface area contributed by atoms with Crippen LogP contribution in [-0.2, 0) is 0 Å². The van der Waals surface area contributed by atoms with E-state index in [1.165, 1.54) is 12.1 Å². The van der Waals surface area contributed by atoms with E-state index < -0.39 is 0 Å². The smallest absolute Gasteiger partial charge is 0.126 e. The van der Waals surface area contributed by atoms with Gasteiger partial charge in [0.2, 0.25) is 0 Å². The second-order valence-electron chi connectivity index (χ2n) is 4.71. The van der Waals surface area contributed by atoms with Crippen molar-refractivity contribution < 1.29 is 9.13 Å². The second-order valence-corrected chi connectivity index (χ2v) is 4.71. The quantitative estimate of drug-likeness (QED) is 0.826. The van der Waals surface area contributed by atoms with Crippen molar-refractivity contribution in [2.75, 3.05) is 33.3 Å². The lowest BCUT2D eigenvalue weighted by atomic mass is 10.00. The molecule has 0 aromatic heterocycles. The molecule has 0 spiro atoms. The number of ether oxygens (including phenoxy) is 1. The summed E-state index contributed by atoms with van der Waals surface area (Å²) >= 11 is 0. The Hall–Kier alpha value is -1.39. The van der Waals surface area contributed by atoms with Crippen LogP contribution in [0.1, 0.15) is 18.0 Å². The molecule has 19 heavy (non-hydrogen) atoms. The highest BCUT2D eigenvalue weighted by molar-refractivity contribution is 5.37. The van der Waals surface area contributed by atoms with Gasteiger partial charge in [0, 0.05) is 43.9 Å². The van der Waals surface area contributed by atoms with Crippen molar-refractivity contribution in [3.63, 3.8) is 0 Å². The van der Waals surface area contributed by atoms with E-state index in [1.54, 1.807) is 7.11 Å². The third-order valence-corrected chi connectivity index (χ3v) is 3.54. The van der Waals surface area contributed by atoms with Crippen LogP contribution in [0.15, 0.2) is 30.9 Å². The number of nitrogens with one attached hydrogen (secondary N) is 1. The van der Waals surface area contributed by atoms with Gasteiger partial charge in [0.25, 0.3) is 0 Å². The van der Waals surface area contributed by atoms with Gasteiger partial charge in [0.05, 0.1) is 7.11 Å². The summed E-state index contributed by atoms with van der Waals surface area (Å²) in [7, 11) is 1.58. The predicted octanol–water partition coefficient (Wildman–Crippen LogP) is 2.36. The number of halogens is 1. The summed E-state index contributed by atoms with van der Waals surface area (Å²) in [6.07, 6.45) is 2.75. The van der Waals surface area contributed by atoms with Crippen LogP contribution in [0.25, 0.3) is 0 Å². The fourth-order valence-corrected chi connectivity index (χ4v) is 2.58. The monoisotopic (exact) mass is 264 g/mol. The third kappa shape index (κ3) is 3.33. The van der Waals surface area contributed by atoms with Gasteiger partial charge in [-0.2, -0.15) is 0 Å². The van der Waals surface area contributed by atoms with E-state index >= 15 is 0 Å². The topological polar surface area (TPSA) is 24.5 Å².